The van der Waals surface area contributed by atoms with E-state index in [2.05, 4.69) is 5.32 Å². The molecule has 1 aliphatic carbocycles. The molecule has 1 heterocycles. The molecule has 1 saturated heterocycles. The van der Waals surface area contributed by atoms with E-state index in [9.17, 15) is 13.9 Å². The lowest BCUT2D eigenvalue weighted by atomic mass is 9.54. The summed E-state index contributed by atoms with van der Waals surface area (Å²) in [5.74, 6) is -2.94. The van der Waals surface area contributed by atoms with E-state index in [4.69, 9.17) is 0 Å². The van der Waals surface area contributed by atoms with Gasteiger partial charge in [0, 0.05) is 6.92 Å². The van der Waals surface area contributed by atoms with Gasteiger partial charge in [0.1, 0.15) is 5.60 Å². The van der Waals surface area contributed by atoms with E-state index < -0.39 is 11.5 Å². The van der Waals surface area contributed by atoms with Gasteiger partial charge < -0.3 is 10.4 Å². The van der Waals surface area contributed by atoms with Gasteiger partial charge in [-0.2, -0.15) is 0 Å². The zero-order valence-corrected chi connectivity index (χ0v) is 7.11. The van der Waals surface area contributed by atoms with E-state index in [1.165, 1.54) is 0 Å². The highest BCUT2D eigenvalue weighted by atomic mass is 19.3. The van der Waals surface area contributed by atoms with E-state index in [1.807, 2.05) is 0 Å². The number of alkyl halides is 2. The van der Waals surface area contributed by atoms with Crippen molar-refractivity contribution in [2.24, 2.45) is 5.41 Å². The summed E-state index contributed by atoms with van der Waals surface area (Å²) in [6.07, 6.45) is 0.556. The minimum atomic E-state index is -2.94. The number of rotatable bonds is 1. The van der Waals surface area contributed by atoms with Gasteiger partial charge in [0.15, 0.2) is 0 Å². The molecule has 0 atom stereocenters. The van der Waals surface area contributed by atoms with Crippen LogP contribution in [0.2, 0.25) is 0 Å². The number of halogens is 2. The SMILES string of the molecule is CC(F)(F)C1(O)CC2(C[NH2+]C2)C1. The molecule has 70 valence electrons. The Hall–Kier alpha value is -0.220. The molecule has 2 fully saturated rings. The lowest BCUT2D eigenvalue weighted by molar-refractivity contribution is -0.752. The second-order valence-corrected chi connectivity index (χ2v) is 4.47. The maximum Gasteiger partial charge on any atom is 0.273 e. The van der Waals surface area contributed by atoms with Gasteiger partial charge in [-0.3, -0.25) is 0 Å². The third-order valence-corrected chi connectivity index (χ3v) is 3.31. The summed E-state index contributed by atoms with van der Waals surface area (Å²) in [4.78, 5) is 0. The minimum Gasteiger partial charge on any atom is -0.384 e. The van der Waals surface area contributed by atoms with Crippen LogP contribution in [0.4, 0.5) is 8.78 Å². The molecule has 0 unspecified atom stereocenters. The van der Waals surface area contributed by atoms with Crippen molar-refractivity contribution in [2.45, 2.75) is 31.3 Å². The Morgan fingerprint density at radius 2 is 1.83 bits per heavy atom. The highest BCUT2D eigenvalue weighted by Gasteiger charge is 2.67. The molecule has 0 aromatic heterocycles. The molecule has 3 N–H and O–H groups in total. The molecule has 1 aliphatic heterocycles. The molecule has 12 heavy (non-hydrogen) atoms. The molecule has 0 bridgehead atoms. The van der Waals surface area contributed by atoms with Crippen LogP contribution >= 0.6 is 0 Å². The Balaban J connectivity index is 2.01. The maximum atomic E-state index is 12.8. The van der Waals surface area contributed by atoms with Gasteiger partial charge in [-0.1, -0.05) is 0 Å². The Kier molecular flexibility index (Phi) is 1.39. The normalized spacial score (nSPS) is 31.0. The van der Waals surface area contributed by atoms with Crippen LogP contribution in [-0.4, -0.2) is 29.7 Å². The molecule has 2 nitrogen and oxygen atoms in total. The fraction of sp³-hybridized carbons (Fsp3) is 1.00. The van der Waals surface area contributed by atoms with E-state index >= 15 is 0 Å². The second kappa shape index (κ2) is 1.99. The molecule has 0 amide bonds. The van der Waals surface area contributed by atoms with Crippen LogP contribution in [-0.2, 0) is 0 Å². The van der Waals surface area contributed by atoms with Crippen molar-refractivity contribution in [3.05, 3.63) is 0 Å². The summed E-state index contributed by atoms with van der Waals surface area (Å²) in [6, 6.07) is 0. The Morgan fingerprint density at radius 1 is 1.33 bits per heavy atom. The second-order valence-electron chi connectivity index (χ2n) is 4.47. The Bertz CT molecular complexity index is 200. The summed E-state index contributed by atoms with van der Waals surface area (Å²) in [5, 5.41) is 11.6. The molecule has 0 radical (unpaired) electrons. The third kappa shape index (κ3) is 0.910. The predicted molar refractivity (Wildman–Crippen MR) is 38.9 cm³/mol. The van der Waals surface area contributed by atoms with Crippen LogP contribution in [0.15, 0.2) is 0 Å². The molecule has 4 heteroatoms. The van der Waals surface area contributed by atoms with Crippen LogP contribution in [0.25, 0.3) is 0 Å². The topological polar surface area (TPSA) is 36.8 Å². The molecule has 1 spiro atoms. The molecule has 2 aliphatic rings. The van der Waals surface area contributed by atoms with Crippen molar-refractivity contribution in [1.29, 1.82) is 0 Å². The fourth-order valence-electron chi connectivity index (χ4n) is 2.34. The number of quaternary nitrogens is 1. The third-order valence-electron chi connectivity index (χ3n) is 3.31. The van der Waals surface area contributed by atoms with Crippen LogP contribution in [0, 0.1) is 5.41 Å². The minimum absolute atomic E-state index is 0.0498. The van der Waals surface area contributed by atoms with Gasteiger partial charge in [-0.05, 0) is 12.8 Å². The summed E-state index contributed by atoms with van der Waals surface area (Å²) in [7, 11) is 0. The summed E-state index contributed by atoms with van der Waals surface area (Å²) in [6.45, 7) is 2.62. The summed E-state index contributed by atoms with van der Waals surface area (Å²) < 4.78 is 25.6. The number of hydrogen-bond donors (Lipinski definition) is 2. The lowest BCUT2D eigenvalue weighted by Crippen LogP contribution is -3.02. The smallest absolute Gasteiger partial charge is 0.273 e. The van der Waals surface area contributed by atoms with Gasteiger partial charge in [0.25, 0.3) is 5.92 Å². The highest BCUT2D eigenvalue weighted by molar-refractivity contribution is 5.10. The molecule has 1 saturated carbocycles. The van der Waals surface area contributed by atoms with Crippen LogP contribution in [0.3, 0.4) is 0 Å². The van der Waals surface area contributed by atoms with Gasteiger partial charge in [-0.25, -0.2) is 8.78 Å². The predicted octanol–water partition coefficient (Wildman–Crippen LogP) is -0.270. The fourth-order valence-corrected chi connectivity index (χ4v) is 2.34. The maximum absolute atomic E-state index is 12.8. The van der Waals surface area contributed by atoms with Crippen molar-refractivity contribution in [2.75, 3.05) is 13.1 Å². The Labute approximate surface area is 70.0 Å². The van der Waals surface area contributed by atoms with Crippen LogP contribution in [0.5, 0.6) is 0 Å². The van der Waals surface area contributed by atoms with E-state index in [0.29, 0.717) is 0 Å². The van der Waals surface area contributed by atoms with Gasteiger partial charge in [0.05, 0.1) is 18.5 Å². The van der Waals surface area contributed by atoms with Crippen molar-refractivity contribution in [3.8, 4) is 0 Å². The number of hydrogen-bond acceptors (Lipinski definition) is 1. The molecule has 2 rings (SSSR count). The highest BCUT2D eigenvalue weighted by Crippen LogP contribution is 2.55. The van der Waals surface area contributed by atoms with Crippen molar-refractivity contribution >= 4 is 0 Å². The van der Waals surface area contributed by atoms with E-state index in [0.717, 1.165) is 20.0 Å². The van der Waals surface area contributed by atoms with Gasteiger partial charge >= 0.3 is 0 Å². The first-order valence-electron chi connectivity index (χ1n) is 4.29. The molecule has 0 aromatic carbocycles. The van der Waals surface area contributed by atoms with Crippen molar-refractivity contribution in [3.63, 3.8) is 0 Å². The first-order chi connectivity index (χ1) is 5.37. The average Bonchev–Trinajstić information content (AvgIpc) is 1.73. The summed E-state index contributed by atoms with van der Waals surface area (Å²) in [5.41, 5.74) is -1.66. The first kappa shape index (κ1) is 8.38. The largest absolute Gasteiger partial charge is 0.384 e. The average molecular weight is 178 g/mol. The first-order valence-corrected chi connectivity index (χ1v) is 4.29. The number of nitrogens with two attached hydrogens (primary N) is 1. The molecular formula is C8H14F2NO+. The standard InChI is InChI=1S/C8H13F2NO/c1-6(9,10)8(12)2-7(3-8)4-11-5-7/h11-12H,2-5H2,1H3/p+1. The van der Waals surface area contributed by atoms with Crippen LogP contribution < -0.4 is 5.32 Å². The zero-order chi connectivity index (χ0) is 9.04. The van der Waals surface area contributed by atoms with Crippen molar-refractivity contribution in [1.82, 2.24) is 0 Å². The lowest BCUT2D eigenvalue weighted by Gasteiger charge is -2.57. The van der Waals surface area contributed by atoms with E-state index in [-0.39, 0.29) is 18.3 Å². The molecule has 0 aromatic rings. The van der Waals surface area contributed by atoms with Gasteiger partial charge in [0.2, 0.25) is 0 Å². The van der Waals surface area contributed by atoms with Crippen molar-refractivity contribution < 1.29 is 19.2 Å². The number of aliphatic hydroxyl groups is 1. The zero-order valence-electron chi connectivity index (χ0n) is 7.11. The monoisotopic (exact) mass is 178 g/mol. The molecular weight excluding hydrogens is 164 g/mol. The van der Waals surface area contributed by atoms with Gasteiger partial charge in [-0.15, -0.1) is 0 Å². The Morgan fingerprint density at radius 3 is 2.08 bits per heavy atom. The van der Waals surface area contributed by atoms with E-state index in [1.54, 1.807) is 0 Å². The quantitative estimate of drug-likeness (QED) is 0.570. The van der Waals surface area contributed by atoms with Crippen LogP contribution in [0.1, 0.15) is 19.8 Å². The summed E-state index contributed by atoms with van der Waals surface area (Å²) >= 11 is 0.